The van der Waals surface area contributed by atoms with Gasteiger partial charge in [-0.3, -0.25) is 4.79 Å². The maximum atomic E-state index is 10.3. The largest absolute Gasteiger partial charge is 0.481 e. The van der Waals surface area contributed by atoms with Crippen molar-refractivity contribution in [3.8, 4) is 0 Å². The van der Waals surface area contributed by atoms with E-state index in [9.17, 15) is 4.79 Å². The molecule has 0 bridgehead atoms. The molecule has 0 saturated heterocycles. The number of carboxylic acids is 1. The molecule has 1 aliphatic rings. The summed E-state index contributed by atoms with van der Waals surface area (Å²) in [5, 5.41) is 8.46. The maximum Gasteiger partial charge on any atom is 0.306 e. The quantitative estimate of drug-likeness (QED) is 0.625. The van der Waals surface area contributed by atoms with E-state index >= 15 is 0 Å². The summed E-state index contributed by atoms with van der Waals surface area (Å²) in [6, 6.07) is 0. The van der Waals surface area contributed by atoms with Gasteiger partial charge in [0.1, 0.15) is 0 Å². The van der Waals surface area contributed by atoms with Gasteiger partial charge >= 0.3 is 5.97 Å². The molecule has 1 aliphatic carbocycles. The average molecular weight is 128 g/mol. The first-order chi connectivity index (χ1) is 4.20. The van der Waals surface area contributed by atoms with E-state index < -0.39 is 5.97 Å². The van der Waals surface area contributed by atoms with E-state index in [1.165, 1.54) is 12.8 Å². The number of carbonyl (C=O) groups is 1. The summed E-state index contributed by atoms with van der Waals surface area (Å²) in [6.45, 7) is 1.78. The van der Waals surface area contributed by atoms with Crippen molar-refractivity contribution in [1.82, 2.24) is 0 Å². The third kappa shape index (κ3) is 2.04. The summed E-state index contributed by atoms with van der Waals surface area (Å²) >= 11 is 0. The summed E-state index contributed by atoms with van der Waals surface area (Å²) < 4.78 is 0. The van der Waals surface area contributed by atoms with E-state index in [2.05, 4.69) is 0 Å². The third-order valence-electron chi connectivity index (χ3n) is 1.81. The number of hydrogen-bond acceptors (Lipinski definition) is 1. The topological polar surface area (TPSA) is 37.3 Å². The van der Waals surface area contributed by atoms with E-state index in [-0.39, 0.29) is 5.92 Å². The molecule has 52 valence electrons. The lowest BCUT2D eigenvalue weighted by atomic mass is 10.1. The van der Waals surface area contributed by atoms with Gasteiger partial charge < -0.3 is 5.11 Å². The zero-order chi connectivity index (χ0) is 6.85. The molecule has 0 aromatic rings. The highest BCUT2D eigenvalue weighted by molar-refractivity contribution is 5.69. The number of hydrogen-bond donors (Lipinski definition) is 1. The fourth-order valence-corrected chi connectivity index (χ4v) is 0.954. The normalized spacial score (nSPS) is 21.4. The molecule has 9 heavy (non-hydrogen) atoms. The molecule has 0 aromatic heterocycles. The predicted octanol–water partition coefficient (Wildman–Crippen LogP) is 1.51. The van der Waals surface area contributed by atoms with Crippen LogP contribution in [0, 0.1) is 11.8 Å². The molecule has 0 amide bonds. The first kappa shape index (κ1) is 6.59. The Hall–Kier alpha value is -0.530. The lowest BCUT2D eigenvalue weighted by Gasteiger charge is -2.01. The second-order valence-corrected chi connectivity index (χ2v) is 2.92. The van der Waals surface area contributed by atoms with Crippen molar-refractivity contribution in [3.05, 3.63) is 0 Å². The predicted molar refractivity (Wildman–Crippen MR) is 34.1 cm³/mol. The van der Waals surface area contributed by atoms with Crippen molar-refractivity contribution >= 4 is 5.97 Å². The molecule has 0 radical (unpaired) electrons. The first-order valence-electron chi connectivity index (χ1n) is 3.43. The van der Waals surface area contributed by atoms with Gasteiger partial charge in [-0.05, 0) is 12.3 Å². The van der Waals surface area contributed by atoms with E-state index in [0.29, 0.717) is 0 Å². The molecule has 2 heteroatoms. The third-order valence-corrected chi connectivity index (χ3v) is 1.81. The Morgan fingerprint density at radius 1 is 1.78 bits per heavy atom. The molecule has 0 spiro atoms. The molecule has 1 unspecified atom stereocenters. The fourth-order valence-electron chi connectivity index (χ4n) is 0.954. The SMILES string of the molecule is CC(CC1CC1)C(=O)O. The highest BCUT2D eigenvalue weighted by Crippen LogP contribution is 2.35. The van der Waals surface area contributed by atoms with Crippen LogP contribution in [0.15, 0.2) is 0 Å². The van der Waals surface area contributed by atoms with Gasteiger partial charge in [-0.15, -0.1) is 0 Å². The standard InChI is InChI=1S/C7H12O2/c1-5(7(8)9)4-6-2-3-6/h5-6H,2-4H2,1H3,(H,8,9). The van der Waals surface area contributed by atoms with Crippen molar-refractivity contribution < 1.29 is 9.90 Å². The monoisotopic (exact) mass is 128 g/mol. The second-order valence-electron chi connectivity index (χ2n) is 2.92. The van der Waals surface area contributed by atoms with Gasteiger partial charge in [0.15, 0.2) is 0 Å². The molecule has 0 aromatic carbocycles. The Balaban J connectivity index is 2.16. The minimum atomic E-state index is -0.651. The van der Waals surface area contributed by atoms with Crippen LogP contribution in [0.5, 0.6) is 0 Å². The van der Waals surface area contributed by atoms with Crippen LogP contribution in [0.1, 0.15) is 26.2 Å². The molecule has 1 fully saturated rings. The fraction of sp³-hybridized carbons (Fsp3) is 0.857. The van der Waals surface area contributed by atoms with Crippen LogP contribution in [0.25, 0.3) is 0 Å². The van der Waals surface area contributed by atoms with Crippen LogP contribution in [0.2, 0.25) is 0 Å². The van der Waals surface area contributed by atoms with Gasteiger partial charge in [-0.1, -0.05) is 19.8 Å². The van der Waals surface area contributed by atoms with Gasteiger partial charge in [-0.25, -0.2) is 0 Å². The molecule has 1 rings (SSSR count). The number of aliphatic carboxylic acids is 1. The Morgan fingerprint density at radius 2 is 2.33 bits per heavy atom. The van der Waals surface area contributed by atoms with Crippen molar-refractivity contribution in [2.45, 2.75) is 26.2 Å². The van der Waals surface area contributed by atoms with Gasteiger partial charge in [0.25, 0.3) is 0 Å². The molecule has 2 nitrogen and oxygen atoms in total. The summed E-state index contributed by atoms with van der Waals surface area (Å²) in [5.74, 6) is -0.0458. The van der Waals surface area contributed by atoms with E-state index in [1.54, 1.807) is 6.92 Å². The summed E-state index contributed by atoms with van der Waals surface area (Å²) in [5.41, 5.74) is 0. The average Bonchev–Trinajstić information content (AvgIpc) is 2.50. The molecular weight excluding hydrogens is 116 g/mol. The van der Waals surface area contributed by atoms with Crippen LogP contribution in [0.4, 0.5) is 0 Å². The van der Waals surface area contributed by atoms with Crippen molar-refractivity contribution in [1.29, 1.82) is 0 Å². The van der Waals surface area contributed by atoms with Gasteiger partial charge in [0, 0.05) is 0 Å². The van der Waals surface area contributed by atoms with Crippen molar-refractivity contribution in [2.75, 3.05) is 0 Å². The number of carboxylic acid groups (broad SMARTS) is 1. The Morgan fingerprint density at radius 3 is 2.67 bits per heavy atom. The maximum absolute atomic E-state index is 10.3. The van der Waals surface area contributed by atoms with Crippen LogP contribution in [-0.4, -0.2) is 11.1 Å². The van der Waals surface area contributed by atoms with Crippen molar-refractivity contribution in [2.24, 2.45) is 11.8 Å². The minimum absolute atomic E-state index is 0.127. The zero-order valence-corrected chi connectivity index (χ0v) is 5.63. The number of rotatable bonds is 3. The molecule has 1 atom stereocenters. The highest BCUT2D eigenvalue weighted by atomic mass is 16.4. The summed E-state index contributed by atoms with van der Waals surface area (Å²) in [7, 11) is 0. The van der Waals surface area contributed by atoms with Crippen molar-refractivity contribution in [3.63, 3.8) is 0 Å². The molecule has 1 N–H and O–H groups in total. The Labute approximate surface area is 54.9 Å². The van der Waals surface area contributed by atoms with E-state index in [4.69, 9.17) is 5.11 Å². The summed E-state index contributed by atoms with van der Waals surface area (Å²) in [4.78, 5) is 10.3. The molecule has 0 heterocycles. The smallest absolute Gasteiger partial charge is 0.306 e. The van der Waals surface area contributed by atoms with Gasteiger partial charge in [-0.2, -0.15) is 0 Å². The molecule has 1 saturated carbocycles. The van der Waals surface area contributed by atoms with Gasteiger partial charge in [0.2, 0.25) is 0 Å². The molecular formula is C7H12O2. The summed E-state index contributed by atoms with van der Waals surface area (Å²) in [6.07, 6.45) is 3.38. The lowest BCUT2D eigenvalue weighted by Crippen LogP contribution is -2.09. The van der Waals surface area contributed by atoms with Crippen LogP contribution < -0.4 is 0 Å². The minimum Gasteiger partial charge on any atom is -0.481 e. The van der Waals surface area contributed by atoms with Crippen LogP contribution in [0.3, 0.4) is 0 Å². The second kappa shape index (κ2) is 2.38. The lowest BCUT2D eigenvalue weighted by molar-refractivity contribution is -0.141. The van der Waals surface area contributed by atoms with E-state index in [1.807, 2.05) is 0 Å². The van der Waals surface area contributed by atoms with Gasteiger partial charge in [0.05, 0.1) is 5.92 Å². The first-order valence-corrected chi connectivity index (χ1v) is 3.43. The Kier molecular flexibility index (Phi) is 1.74. The molecule has 0 aliphatic heterocycles. The van der Waals surface area contributed by atoms with Crippen LogP contribution in [-0.2, 0) is 4.79 Å². The van der Waals surface area contributed by atoms with E-state index in [0.717, 1.165) is 12.3 Å². The highest BCUT2D eigenvalue weighted by Gasteiger charge is 2.26. The Bertz CT molecular complexity index is 116. The van der Waals surface area contributed by atoms with Crippen LogP contribution >= 0.6 is 0 Å². The zero-order valence-electron chi connectivity index (χ0n) is 5.63.